The van der Waals surface area contributed by atoms with Crippen molar-refractivity contribution in [3.63, 3.8) is 0 Å². The molecule has 0 aliphatic carbocycles. The number of non-ortho nitro benzene ring substituents is 1. The van der Waals surface area contributed by atoms with E-state index in [1.54, 1.807) is 24.9 Å². The van der Waals surface area contributed by atoms with Crippen molar-refractivity contribution in [2.75, 3.05) is 19.5 Å². The fraction of sp³-hybridized carbons (Fsp3) is 0.316. The second-order valence-electron chi connectivity index (χ2n) is 6.28. The second-order valence-corrected chi connectivity index (χ2v) is 7.26. The zero-order chi connectivity index (χ0) is 18.8. The van der Waals surface area contributed by atoms with Gasteiger partial charge in [0.1, 0.15) is 5.75 Å². The summed E-state index contributed by atoms with van der Waals surface area (Å²) in [6.07, 6.45) is 2.35. The van der Waals surface area contributed by atoms with Gasteiger partial charge in [0.15, 0.2) is 5.16 Å². The van der Waals surface area contributed by atoms with E-state index < -0.39 is 4.92 Å². The minimum Gasteiger partial charge on any atom is -0.495 e. The molecule has 1 atom stereocenters. The Morgan fingerprint density at radius 1 is 1.37 bits per heavy atom. The number of nitro groups is 1. The first-order valence-corrected chi connectivity index (χ1v) is 9.70. The average molecular weight is 385 g/mol. The van der Waals surface area contributed by atoms with Crippen LogP contribution >= 0.6 is 11.8 Å². The SMILES string of the molecule is COc1ccccc1-n1c(SC[C@H]2CCCO2)nc2cc([N+](=O)[O-])ccc21. The monoisotopic (exact) mass is 385 g/mol. The number of ether oxygens (including phenoxy) is 2. The summed E-state index contributed by atoms with van der Waals surface area (Å²) in [5, 5.41) is 11.9. The van der Waals surface area contributed by atoms with Crippen molar-refractivity contribution in [2.45, 2.75) is 24.1 Å². The first kappa shape index (κ1) is 17.8. The Labute approximate surface area is 160 Å². The van der Waals surface area contributed by atoms with Crippen molar-refractivity contribution < 1.29 is 14.4 Å². The molecule has 0 amide bonds. The molecule has 1 saturated heterocycles. The lowest BCUT2D eigenvalue weighted by Gasteiger charge is -2.14. The van der Waals surface area contributed by atoms with Crippen molar-refractivity contribution in [2.24, 2.45) is 0 Å². The second kappa shape index (κ2) is 7.58. The topological polar surface area (TPSA) is 79.4 Å². The maximum atomic E-state index is 11.1. The van der Waals surface area contributed by atoms with Crippen LogP contribution in [0, 0.1) is 10.1 Å². The predicted molar refractivity (Wildman–Crippen MR) is 104 cm³/mol. The lowest BCUT2D eigenvalue weighted by molar-refractivity contribution is -0.384. The van der Waals surface area contributed by atoms with Gasteiger partial charge in [-0.05, 0) is 31.0 Å². The number of fused-ring (bicyclic) bond motifs is 1. The van der Waals surface area contributed by atoms with Crippen LogP contribution in [-0.2, 0) is 4.74 Å². The van der Waals surface area contributed by atoms with Gasteiger partial charge in [-0.15, -0.1) is 0 Å². The van der Waals surface area contributed by atoms with Gasteiger partial charge in [0.05, 0.1) is 34.9 Å². The number of aromatic nitrogens is 2. The maximum Gasteiger partial charge on any atom is 0.271 e. The number of imidazole rings is 1. The Kier molecular flexibility index (Phi) is 5.00. The smallest absolute Gasteiger partial charge is 0.271 e. The molecular formula is C19H19N3O4S. The lowest BCUT2D eigenvalue weighted by atomic mass is 10.2. The molecule has 0 unspecified atom stereocenters. The van der Waals surface area contributed by atoms with Crippen LogP contribution in [-0.4, -0.2) is 40.0 Å². The average Bonchev–Trinajstić information content (AvgIpc) is 3.32. The first-order chi connectivity index (χ1) is 13.2. The number of methoxy groups -OCH3 is 1. The molecule has 0 spiro atoms. The summed E-state index contributed by atoms with van der Waals surface area (Å²) in [7, 11) is 1.63. The van der Waals surface area contributed by atoms with Gasteiger partial charge in [0, 0.05) is 24.5 Å². The van der Waals surface area contributed by atoms with Crippen LogP contribution in [0.1, 0.15) is 12.8 Å². The van der Waals surface area contributed by atoms with Crippen LogP contribution in [0.5, 0.6) is 5.75 Å². The Balaban J connectivity index is 1.82. The van der Waals surface area contributed by atoms with Gasteiger partial charge < -0.3 is 9.47 Å². The van der Waals surface area contributed by atoms with Crippen molar-refractivity contribution >= 4 is 28.5 Å². The third-order valence-electron chi connectivity index (χ3n) is 4.57. The molecule has 1 fully saturated rings. The normalized spacial score (nSPS) is 16.7. The van der Waals surface area contributed by atoms with Crippen molar-refractivity contribution in [1.29, 1.82) is 0 Å². The van der Waals surface area contributed by atoms with Crippen molar-refractivity contribution in [3.8, 4) is 11.4 Å². The summed E-state index contributed by atoms with van der Waals surface area (Å²) < 4.78 is 13.2. The highest BCUT2D eigenvalue weighted by Gasteiger charge is 2.21. The number of nitro benzene ring substituents is 1. The Morgan fingerprint density at radius 3 is 2.96 bits per heavy atom. The van der Waals surface area contributed by atoms with Crippen LogP contribution < -0.4 is 4.74 Å². The van der Waals surface area contributed by atoms with E-state index in [9.17, 15) is 10.1 Å². The molecule has 0 radical (unpaired) electrons. The fourth-order valence-electron chi connectivity index (χ4n) is 3.25. The van der Waals surface area contributed by atoms with Gasteiger partial charge >= 0.3 is 0 Å². The molecule has 0 N–H and O–H groups in total. The number of para-hydroxylation sites is 2. The summed E-state index contributed by atoms with van der Waals surface area (Å²) in [5.74, 6) is 1.51. The molecular weight excluding hydrogens is 366 g/mol. The molecule has 1 aliphatic heterocycles. The zero-order valence-electron chi connectivity index (χ0n) is 14.8. The summed E-state index contributed by atoms with van der Waals surface area (Å²) in [6.45, 7) is 0.806. The van der Waals surface area contributed by atoms with Crippen LogP contribution in [0.25, 0.3) is 16.7 Å². The standard InChI is InChI=1S/C19H19N3O4S/c1-25-18-7-3-2-6-17(18)21-16-9-8-13(22(23)24)11-15(16)20-19(21)27-12-14-5-4-10-26-14/h2-3,6-9,11,14H,4-5,10,12H2,1H3/t14-/m1/s1. The molecule has 140 valence electrons. The first-order valence-electron chi connectivity index (χ1n) is 8.72. The molecule has 8 heteroatoms. The van der Waals surface area contributed by atoms with E-state index in [1.165, 1.54) is 12.1 Å². The molecule has 7 nitrogen and oxygen atoms in total. The highest BCUT2D eigenvalue weighted by molar-refractivity contribution is 7.99. The Bertz CT molecular complexity index is 982. The molecule has 2 aromatic carbocycles. The minimum atomic E-state index is -0.402. The summed E-state index contributed by atoms with van der Waals surface area (Å²) >= 11 is 1.60. The number of rotatable bonds is 6. The van der Waals surface area contributed by atoms with Gasteiger partial charge in [0.2, 0.25) is 0 Å². The van der Waals surface area contributed by atoms with E-state index in [2.05, 4.69) is 4.98 Å². The van der Waals surface area contributed by atoms with Gasteiger partial charge in [-0.25, -0.2) is 4.98 Å². The molecule has 0 saturated carbocycles. The number of hydrogen-bond donors (Lipinski definition) is 0. The number of benzene rings is 2. The van der Waals surface area contributed by atoms with E-state index in [-0.39, 0.29) is 11.8 Å². The summed E-state index contributed by atoms with van der Waals surface area (Å²) in [5.41, 5.74) is 2.28. The van der Waals surface area contributed by atoms with E-state index in [1.807, 2.05) is 28.8 Å². The lowest BCUT2D eigenvalue weighted by Crippen LogP contribution is -2.09. The molecule has 0 bridgehead atoms. The Morgan fingerprint density at radius 2 is 2.22 bits per heavy atom. The molecule has 3 aromatic rings. The maximum absolute atomic E-state index is 11.1. The molecule has 1 aliphatic rings. The van der Waals surface area contributed by atoms with Gasteiger partial charge in [-0.1, -0.05) is 23.9 Å². The van der Waals surface area contributed by atoms with E-state index in [0.717, 1.165) is 41.6 Å². The van der Waals surface area contributed by atoms with E-state index >= 15 is 0 Å². The molecule has 27 heavy (non-hydrogen) atoms. The van der Waals surface area contributed by atoms with Crippen LogP contribution in [0.3, 0.4) is 0 Å². The summed E-state index contributed by atoms with van der Waals surface area (Å²) in [4.78, 5) is 15.4. The number of hydrogen-bond acceptors (Lipinski definition) is 6. The van der Waals surface area contributed by atoms with Crippen LogP contribution in [0.4, 0.5) is 5.69 Å². The Hall–Kier alpha value is -2.58. The number of thioether (sulfide) groups is 1. The van der Waals surface area contributed by atoms with Crippen molar-refractivity contribution in [3.05, 3.63) is 52.6 Å². The third-order valence-corrected chi connectivity index (χ3v) is 5.64. The number of nitrogens with zero attached hydrogens (tertiary/aromatic N) is 3. The fourth-order valence-corrected chi connectivity index (χ4v) is 4.33. The summed E-state index contributed by atoms with van der Waals surface area (Å²) in [6, 6.07) is 12.4. The van der Waals surface area contributed by atoms with Crippen molar-refractivity contribution in [1.82, 2.24) is 9.55 Å². The minimum absolute atomic E-state index is 0.0304. The molecule has 2 heterocycles. The quantitative estimate of drug-likeness (QED) is 0.359. The highest BCUT2D eigenvalue weighted by Crippen LogP contribution is 2.34. The van der Waals surface area contributed by atoms with Crippen LogP contribution in [0.2, 0.25) is 0 Å². The predicted octanol–water partition coefficient (Wildman–Crippen LogP) is 4.21. The third kappa shape index (κ3) is 3.50. The molecule has 1 aromatic heterocycles. The highest BCUT2D eigenvalue weighted by atomic mass is 32.2. The zero-order valence-corrected chi connectivity index (χ0v) is 15.6. The van der Waals surface area contributed by atoms with Gasteiger partial charge in [0.25, 0.3) is 5.69 Å². The van der Waals surface area contributed by atoms with Crippen LogP contribution in [0.15, 0.2) is 47.6 Å². The largest absolute Gasteiger partial charge is 0.495 e. The van der Waals surface area contributed by atoms with Gasteiger partial charge in [-0.3, -0.25) is 14.7 Å². The van der Waals surface area contributed by atoms with Gasteiger partial charge in [-0.2, -0.15) is 0 Å². The molecule has 4 rings (SSSR count). The van der Waals surface area contributed by atoms with E-state index in [0.29, 0.717) is 11.3 Å². The van der Waals surface area contributed by atoms with E-state index in [4.69, 9.17) is 9.47 Å².